The summed E-state index contributed by atoms with van der Waals surface area (Å²) in [5.74, 6) is -0.478. The SMILES string of the molecule is CCC(C)(C)NC(=O)[C@@H](c1ccccc1C)N(C(=O)Cn1nnc2ccccc21)c1ccccc1C. The van der Waals surface area contributed by atoms with Gasteiger partial charge >= 0.3 is 0 Å². The summed E-state index contributed by atoms with van der Waals surface area (Å²) in [6.45, 7) is 9.86. The summed E-state index contributed by atoms with van der Waals surface area (Å²) in [4.78, 5) is 29.7. The van der Waals surface area contributed by atoms with E-state index in [4.69, 9.17) is 0 Å². The molecule has 0 unspecified atom stereocenters. The summed E-state index contributed by atoms with van der Waals surface area (Å²) in [6, 6.07) is 22.0. The van der Waals surface area contributed by atoms with Gasteiger partial charge in [0.05, 0.1) is 5.52 Å². The maximum absolute atomic E-state index is 14.1. The normalized spacial score (nSPS) is 12.4. The largest absolute Gasteiger partial charge is 0.349 e. The monoisotopic (exact) mass is 483 g/mol. The Bertz CT molecular complexity index is 1390. The number of amides is 2. The molecule has 1 heterocycles. The van der Waals surface area contributed by atoms with Crippen LogP contribution in [0.25, 0.3) is 11.0 Å². The molecule has 0 saturated carbocycles. The van der Waals surface area contributed by atoms with E-state index in [2.05, 4.69) is 15.6 Å². The Kier molecular flexibility index (Phi) is 7.20. The number of aromatic nitrogens is 3. The zero-order valence-corrected chi connectivity index (χ0v) is 21.5. The molecule has 0 aliphatic rings. The predicted molar refractivity (Wildman–Crippen MR) is 143 cm³/mol. The van der Waals surface area contributed by atoms with Crippen molar-refractivity contribution in [2.24, 2.45) is 0 Å². The molecule has 2 amide bonds. The Labute approximate surface area is 212 Å². The lowest BCUT2D eigenvalue weighted by molar-refractivity contribution is -0.128. The number of carbonyl (C=O) groups is 2. The van der Waals surface area contributed by atoms with Crippen molar-refractivity contribution in [1.82, 2.24) is 20.3 Å². The fourth-order valence-electron chi connectivity index (χ4n) is 4.27. The average Bonchev–Trinajstić information content (AvgIpc) is 3.26. The number of rotatable bonds is 8. The van der Waals surface area contributed by atoms with Crippen LogP contribution in [0.4, 0.5) is 5.69 Å². The van der Waals surface area contributed by atoms with E-state index in [1.807, 2.05) is 107 Å². The van der Waals surface area contributed by atoms with Crippen molar-refractivity contribution in [2.45, 2.75) is 59.2 Å². The van der Waals surface area contributed by atoms with Gasteiger partial charge in [-0.25, -0.2) is 4.68 Å². The Morgan fingerprint density at radius 3 is 2.28 bits per heavy atom. The molecule has 4 aromatic rings. The van der Waals surface area contributed by atoms with E-state index in [1.165, 1.54) is 0 Å². The molecule has 0 aliphatic carbocycles. The highest BCUT2D eigenvalue weighted by atomic mass is 16.2. The number of nitrogens with zero attached hydrogens (tertiary/aromatic N) is 4. The molecule has 0 spiro atoms. The van der Waals surface area contributed by atoms with Crippen LogP contribution in [0.5, 0.6) is 0 Å². The summed E-state index contributed by atoms with van der Waals surface area (Å²) in [5.41, 5.74) is 4.34. The van der Waals surface area contributed by atoms with Crippen molar-refractivity contribution in [3.8, 4) is 0 Å². The molecule has 3 aromatic carbocycles. The van der Waals surface area contributed by atoms with E-state index in [0.717, 1.165) is 28.6 Å². The van der Waals surface area contributed by atoms with E-state index in [-0.39, 0.29) is 18.4 Å². The van der Waals surface area contributed by atoms with Gasteiger partial charge in [0.25, 0.3) is 0 Å². The second-order valence-electron chi connectivity index (χ2n) is 9.77. The molecule has 1 N–H and O–H groups in total. The molecule has 0 aliphatic heterocycles. The van der Waals surface area contributed by atoms with E-state index in [9.17, 15) is 9.59 Å². The van der Waals surface area contributed by atoms with Gasteiger partial charge in [0.1, 0.15) is 18.1 Å². The van der Waals surface area contributed by atoms with Gasteiger partial charge in [-0.05, 0) is 69.0 Å². The van der Waals surface area contributed by atoms with Gasteiger partial charge in [0.15, 0.2) is 0 Å². The fourth-order valence-corrected chi connectivity index (χ4v) is 4.27. The zero-order valence-electron chi connectivity index (χ0n) is 21.5. The Hall–Kier alpha value is -4.00. The number of aryl methyl sites for hydroxylation is 2. The van der Waals surface area contributed by atoms with Gasteiger partial charge in [-0.2, -0.15) is 0 Å². The Balaban J connectivity index is 1.85. The minimum absolute atomic E-state index is 0.0539. The molecule has 1 atom stereocenters. The van der Waals surface area contributed by atoms with Crippen molar-refractivity contribution < 1.29 is 9.59 Å². The lowest BCUT2D eigenvalue weighted by Crippen LogP contribution is -2.51. The number of anilines is 1. The number of hydrogen-bond donors (Lipinski definition) is 1. The van der Waals surface area contributed by atoms with Crippen LogP contribution in [-0.4, -0.2) is 32.3 Å². The second-order valence-corrected chi connectivity index (χ2v) is 9.77. The number of benzene rings is 3. The van der Waals surface area contributed by atoms with Crippen LogP contribution >= 0.6 is 0 Å². The van der Waals surface area contributed by atoms with Crippen molar-refractivity contribution in [3.05, 3.63) is 89.5 Å². The highest BCUT2D eigenvalue weighted by Gasteiger charge is 2.36. The summed E-state index contributed by atoms with van der Waals surface area (Å²) in [7, 11) is 0. The molecule has 7 heteroatoms. The minimum Gasteiger partial charge on any atom is -0.349 e. The maximum Gasteiger partial charge on any atom is 0.249 e. The molecule has 0 radical (unpaired) electrons. The van der Waals surface area contributed by atoms with Crippen molar-refractivity contribution in [1.29, 1.82) is 0 Å². The highest BCUT2D eigenvalue weighted by molar-refractivity contribution is 6.02. The highest BCUT2D eigenvalue weighted by Crippen LogP contribution is 2.33. The van der Waals surface area contributed by atoms with Gasteiger partial charge in [-0.3, -0.25) is 14.5 Å². The van der Waals surface area contributed by atoms with Gasteiger partial charge in [0.2, 0.25) is 11.8 Å². The second kappa shape index (κ2) is 10.3. The van der Waals surface area contributed by atoms with Crippen molar-refractivity contribution in [2.75, 3.05) is 4.90 Å². The predicted octanol–water partition coefficient (Wildman–Crippen LogP) is 5.13. The Morgan fingerprint density at radius 2 is 1.58 bits per heavy atom. The van der Waals surface area contributed by atoms with E-state index in [1.54, 1.807) is 9.58 Å². The molecule has 0 bridgehead atoms. The quantitative estimate of drug-likeness (QED) is 0.377. The molecular formula is C29H33N5O2. The first-order valence-corrected chi connectivity index (χ1v) is 12.3. The first-order chi connectivity index (χ1) is 17.2. The van der Waals surface area contributed by atoms with Crippen LogP contribution in [0.2, 0.25) is 0 Å². The first kappa shape index (κ1) is 25.1. The summed E-state index contributed by atoms with van der Waals surface area (Å²) < 4.78 is 1.59. The van der Waals surface area contributed by atoms with Crippen LogP contribution in [0.3, 0.4) is 0 Å². The number of hydrogen-bond acceptors (Lipinski definition) is 4. The van der Waals surface area contributed by atoms with Crippen LogP contribution in [0.15, 0.2) is 72.8 Å². The topological polar surface area (TPSA) is 80.1 Å². The Morgan fingerprint density at radius 1 is 0.944 bits per heavy atom. The molecular weight excluding hydrogens is 450 g/mol. The van der Waals surface area contributed by atoms with Gasteiger partial charge in [-0.1, -0.05) is 66.7 Å². The van der Waals surface area contributed by atoms with E-state index in [0.29, 0.717) is 11.2 Å². The van der Waals surface area contributed by atoms with Crippen LogP contribution < -0.4 is 10.2 Å². The summed E-state index contributed by atoms with van der Waals surface area (Å²) in [6.07, 6.45) is 0.752. The molecule has 0 saturated heterocycles. The molecule has 36 heavy (non-hydrogen) atoms. The third kappa shape index (κ3) is 5.15. The van der Waals surface area contributed by atoms with Crippen LogP contribution in [-0.2, 0) is 16.1 Å². The number of carbonyl (C=O) groups excluding carboxylic acids is 2. The smallest absolute Gasteiger partial charge is 0.249 e. The zero-order chi connectivity index (χ0) is 25.9. The van der Waals surface area contributed by atoms with Gasteiger partial charge in [0, 0.05) is 11.2 Å². The van der Waals surface area contributed by atoms with Gasteiger partial charge < -0.3 is 5.32 Å². The number of fused-ring (bicyclic) bond motifs is 1. The third-order valence-corrected chi connectivity index (χ3v) is 6.68. The van der Waals surface area contributed by atoms with E-state index >= 15 is 0 Å². The lowest BCUT2D eigenvalue weighted by atomic mass is 9.95. The van der Waals surface area contributed by atoms with Crippen LogP contribution in [0, 0.1) is 13.8 Å². The van der Waals surface area contributed by atoms with E-state index < -0.39 is 11.6 Å². The number of para-hydroxylation sites is 2. The van der Waals surface area contributed by atoms with Crippen molar-refractivity contribution >= 4 is 28.5 Å². The molecule has 0 fully saturated rings. The first-order valence-electron chi connectivity index (χ1n) is 12.3. The fraction of sp³-hybridized carbons (Fsp3) is 0.310. The minimum atomic E-state index is -0.861. The standard InChI is InChI=1S/C29H33N5O2/c1-6-29(4,5)30-28(36)27(22-15-9-7-13-20(22)2)34(24-17-11-8-14-21(24)3)26(35)19-33-25-18-12-10-16-23(25)31-32-33/h7-18,27H,6,19H2,1-5H3,(H,30,36)/t27-/m1/s1. The van der Waals surface area contributed by atoms with Crippen molar-refractivity contribution in [3.63, 3.8) is 0 Å². The maximum atomic E-state index is 14.1. The molecule has 7 nitrogen and oxygen atoms in total. The third-order valence-electron chi connectivity index (χ3n) is 6.68. The average molecular weight is 484 g/mol. The number of nitrogens with one attached hydrogen (secondary N) is 1. The summed E-state index contributed by atoms with van der Waals surface area (Å²) in [5, 5.41) is 11.6. The lowest BCUT2D eigenvalue weighted by Gasteiger charge is -2.36. The summed E-state index contributed by atoms with van der Waals surface area (Å²) >= 11 is 0. The molecule has 1 aromatic heterocycles. The molecule has 4 rings (SSSR count). The van der Waals surface area contributed by atoms with Gasteiger partial charge in [-0.15, -0.1) is 5.10 Å². The molecule has 186 valence electrons. The van der Waals surface area contributed by atoms with Crippen LogP contribution in [0.1, 0.15) is 49.9 Å².